The van der Waals surface area contributed by atoms with Crippen molar-refractivity contribution < 1.29 is 9.53 Å². The van der Waals surface area contributed by atoms with Gasteiger partial charge in [0.2, 0.25) is 0 Å². The van der Waals surface area contributed by atoms with Crippen LogP contribution in [0.15, 0.2) is 48.7 Å². The molecule has 144 valence electrons. The number of aromatic nitrogens is 2. The Morgan fingerprint density at radius 3 is 2.54 bits per heavy atom. The van der Waals surface area contributed by atoms with E-state index in [2.05, 4.69) is 15.9 Å². The number of pyridine rings is 1. The number of benzene rings is 1. The summed E-state index contributed by atoms with van der Waals surface area (Å²) < 4.78 is 7.59. The topological polar surface area (TPSA) is 55.6 Å². The number of esters is 1. The fourth-order valence-electron chi connectivity index (χ4n) is 3.97. The minimum atomic E-state index is -0.111. The maximum Gasteiger partial charge on any atom is 0.314 e. The lowest BCUT2D eigenvalue weighted by molar-refractivity contribution is -0.135. The van der Waals surface area contributed by atoms with Gasteiger partial charge in [0.25, 0.3) is 0 Å². The van der Waals surface area contributed by atoms with Crippen molar-refractivity contribution in [1.82, 2.24) is 9.38 Å². The number of anilines is 1. The zero-order chi connectivity index (χ0) is 18.9. The van der Waals surface area contributed by atoms with Crippen LogP contribution in [0.4, 0.5) is 5.82 Å². The molecule has 2 aliphatic carbocycles. The third-order valence-electron chi connectivity index (χ3n) is 5.73. The lowest BCUT2D eigenvalue weighted by Crippen LogP contribution is -2.23. The monoisotopic (exact) mass is 375 g/mol. The molecule has 0 amide bonds. The number of imidazole rings is 1. The lowest BCUT2D eigenvalue weighted by atomic mass is 9.95. The fourth-order valence-corrected chi connectivity index (χ4v) is 3.97. The van der Waals surface area contributed by atoms with Crippen LogP contribution < -0.4 is 10.1 Å². The Morgan fingerprint density at radius 2 is 1.79 bits per heavy atom. The molecule has 1 aromatic carbocycles. The Hall–Kier alpha value is -2.82. The predicted molar refractivity (Wildman–Crippen MR) is 109 cm³/mol. The first-order valence-corrected chi connectivity index (χ1v) is 10.3. The number of carbonyl (C=O) groups is 1. The zero-order valence-electron chi connectivity index (χ0n) is 15.9. The van der Waals surface area contributed by atoms with E-state index in [9.17, 15) is 4.79 Å². The number of nitrogens with one attached hydrogen (secondary N) is 1. The predicted octanol–water partition coefficient (Wildman–Crippen LogP) is 5.06. The van der Waals surface area contributed by atoms with Crippen LogP contribution in [0.1, 0.15) is 44.9 Å². The third-order valence-corrected chi connectivity index (χ3v) is 5.73. The smallest absolute Gasteiger partial charge is 0.314 e. The molecule has 5 nitrogen and oxygen atoms in total. The maximum atomic E-state index is 11.9. The number of carbonyl (C=O) groups excluding carboxylic acids is 1. The van der Waals surface area contributed by atoms with Crippen LogP contribution in [0, 0.1) is 5.92 Å². The summed E-state index contributed by atoms with van der Waals surface area (Å²) in [6.07, 6.45) is 10.3. The van der Waals surface area contributed by atoms with Gasteiger partial charge in [0, 0.05) is 17.8 Å². The molecule has 28 heavy (non-hydrogen) atoms. The molecule has 0 radical (unpaired) electrons. The molecule has 2 heterocycles. The van der Waals surface area contributed by atoms with Gasteiger partial charge in [-0.05, 0) is 62.1 Å². The number of rotatable bonds is 5. The van der Waals surface area contributed by atoms with E-state index < -0.39 is 0 Å². The van der Waals surface area contributed by atoms with Gasteiger partial charge in [-0.1, -0.05) is 25.3 Å². The van der Waals surface area contributed by atoms with Gasteiger partial charge in [-0.3, -0.25) is 9.20 Å². The molecule has 2 aromatic heterocycles. The molecular formula is C23H25N3O2. The number of ether oxygens (including phenoxy) is 1. The van der Waals surface area contributed by atoms with Crippen LogP contribution >= 0.6 is 0 Å². The van der Waals surface area contributed by atoms with E-state index in [0.717, 1.165) is 35.6 Å². The Labute approximate surface area is 164 Å². The maximum absolute atomic E-state index is 11.9. The molecule has 3 aromatic rings. The summed E-state index contributed by atoms with van der Waals surface area (Å²) in [4.78, 5) is 16.7. The van der Waals surface area contributed by atoms with Crippen molar-refractivity contribution in [3.63, 3.8) is 0 Å². The number of hydrogen-bond donors (Lipinski definition) is 1. The van der Waals surface area contributed by atoms with Gasteiger partial charge in [-0.15, -0.1) is 0 Å². The second kappa shape index (κ2) is 7.30. The normalized spacial score (nSPS) is 17.6. The molecule has 0 bridgehead atoms. The van der Waals surface area contributed by atoms with E-state index in [-0.39, 0.29) is 11.9 Å². The summed E-state index contributed by atoms with van der Waals surface area (Å²) in [5.74, 6) is 1.64. The lowest BCUT2D eigenvalue weighted by Gasteiger charge is -2.24. The molecule has 1 N–H and O–H groups in total. The average Bonchev–Trinajstić information content (AvgIpc) is 3.53. The second-order valence-electron chi connectivity index (χ2n) is 7.94. The first-order valence-electron chi connectivity index (χ1n) is 10.3. The molecular weight excluding hydrogens is 350 g/mol. The molecule has 2 saturated carbocycles. The minimum Gasteiger partial charge on any atom is -0.426 e. The molecule has 5 rings (SSSR count). The largest absolute Gasteiger partial charge is 0.426 e. The fraction of sp³-hybridized carbons (Fsp3) is 0.391. The third kappa shape index (κ3) is 3.49. The van der Waals surface area contributed by atoms with Gasteiger partial charge in [0.15, 0.2) is 0 Å². The van der Waals surface area contributed by atoms with E-state index in [0.29, 0.717) is 11.8 Å². The highest BCUT2D eigenvalue weighted by Gasteiger charge is 2.31. The highest BCUT2D eigenvalue weighted by atomic mass is 16.5. The summed E-state index contributed by atoms with van der Waals surface area (Å²) in [5, 5.41) is 3.76. The molecule has 0 atom stereocenters. The van der Waals surface area contributed by atoms with Gasteiger partial charge in [-0.2, -0.15) is 0 Å². The highest BCUT2D eigenvalue weighted by molar-refractivity contribution is 5.79. The Kier molecular flexibility index (Phi) is 4.51. The summed E-state index contributed by atoms with van der Waals surface area (Å²) in [7, 11) is 0. The molecule has 2 aliphatic rings. The SMILES string of the molecule is O=C(Oc1ccc(-c2nc3ccccn3c2NC2CCCCC2)cc1)C1CC1. The Balaban J connectivity index is 1.45. The first-order chi connectivity index (χ1) is 13.8. The Morgan fingerprint density at radius 1 is 1.00 bits per heavy atom. The summed E-state index contributed by atoms with van der Waals surface area (Å²) >= 11 is 0. The van der Waals surface area contributed by atoms with Gasteiger partial charge in [0.05, 0.1) is 5.92 Å². The van der Waals surface area contributed by atoms with Gasteiger partial charge in [-0.25, -0.2) is 4.98 Å². The second-order valence-corrected chi connectivity index (χ2v) is 7.94. The number of hydrogen-bond acceptors (Lipinski definition) is 4. The van der Waals surface area contributed by atoms with Crippen molar-refractivity contribution >= 4 is 17.4 Å². The molecule has 0 unspecified atom stereocenters. The quantitative estimate of drug-likeness (QED) is 0.500. The zero-order valence-corrected chi connectivity index (χ0v) is 15.9. The van der Waals surface area contributed by atoms with Crippen molar-refractivity contribution in [1.29, 1.82) is 0 Å². The number of nitrogens with zero attached hydrogens (tertiary/aromatic N) is 2. The van der Waals surface area contributed by atoms with Crippen LogP contribution in [-0.2, 0) is 4.79 Å². The van der Waals surface area contributed by atoms with Gasteiger partial charge < -0.3 is 10.1 Å². The standard InChI is InChI=1S/C23H25N3O2/c27-23(17-9-10-17)28-19-13-11-16(12-14-19)21-22(24-18-6-2-1-3-7-18)26-15-5-4-8-20(26)25-21/h4-5,8,11-15,17-18,24H,1-3,6-7,9-10H2. The van der Waals surface area contributed by atoms with Crippen molar-refractivity contribution in [3.05, 3.63) is 48.7 Å². The average molecular weight is 375 g/mol. The van der Waals surface area contributed by atoms with E-state index in [1.54, 1.807) is 0 Å². The van der Waals surface area contributed by atoms with Crippen molar-refractivity contribution in [2.24, 2.45) is 5.92 Å². The van der Waals surface area contributed by atoms with Gasteiger partial charge in [0.1, 0.15) is 22.9 Å². The molecule has 0 aliphatic heterocycles. The first kappa shape index (κ1) is 17.3. The van der Waals surface area contributed by atoms with Crippen LogP contribution in [0.5, 0.6) is 5.75 Å². The Bertz CT molecular complexity index is 983. The van der Waals surface area contributed by atoms with Crippen LogP contribution in [0.25, 0.3) is 16.9 Å². The van der Waals surface area contributed by atoms with Gasteiger partial charge >= 0.3 is 5.97 Å². The number of fused-ring (bicyclic) bond motifs is 1. The van der Waals surface area contributed by atoms with E-state index in [1.807, 2.05) is 42.5 Å². The minimum absolute atomic E-state index is 0.101. The van der Waals surface area contributed by atoms with E-state index in [1.165, 1.54) is 32.1 Å². The van der Waals surface area contributed by atoms with Crippen LogP contribution in [0.3, 0.4) is 0 Å². The van der Waals surface area contributed by atoms with Crippen molar-refractivity contribution in [2.75, 3.05) is 5.32 Å². The molecule has 0 spiro atoms. The van der Waals surface area contributed by atoms with Crippen molar-refractivity contribution in [3.8, 4) is 17.0 Å². The summed E-state index contributed by atoms with van der Waals surface area (Å²) in [6.45, 7) is 0. The highest BCUT2D eigenvalue weighted by Crippen LogP contribution is 2.34. The van der Waals surface area contributed by atoms with Crippen LogP contribution in [0.2, 0.25) is 0 Å². The van der Waals surface area contributed by atoms with Crippen molar-refractivity contribution in [2.45, 2.75) is 51.0 Å². The summed E-state index contributed by atoms with van der Waals surface area (Å²) in [5.41, 5.74) is 2.89. The van der Waals surface area contributed by atoms with E-state index >= 15 is 0 Å². The summed E-state index contributed by atoms with van der Waals surface area (Å²) in [6, 6.07) is 14.3. The molecule has 0 saturated heterocycles. The molecule has 2 fully saturated rings. The van der Waals surface area contributed by atoms with E-state index in [4.69, 9.17) is 9.72 Å². The molecule has 5 heteroatoms. The van der Waals surface area contributed by atoms with Crippen LogP contribution in [-0.4, -0.2) is 21.4 Å².